The molecule has 0 fully saturated rings. The molecule has 0 aliphatic rings. The highest BCUT2D eigenvalue weighted by Crippen LogP contribution is 2.15. The lowest BCUT2D eigenvalue weighted by Crippen LogP contribution is -2.38. The second kappa shape index (κ2) is 11.5. The van der Waals surface area contributed by atoms with Crippen LogP contribution in [0.1, 0.15) is 42.0 Å². The van der Waals surface area contributed by atoms with Crippen molar-refractivity contribution in [3.05, 3.63) is 52.8 Å². The maximum atomic E-state index is 10.3. The van der Waals surface area contributed by atoms with Gasteiger partial charge in [-0.15, -0.1) is 0 Å². The third kappa shape index (κ3) is 6.35. The van der Waals surface area contributed by atoms with E-state index in [1.807, 2.05) is 48.9 Å². The van der Waals surface area contributed by atoms with Crippen molar-refractivity contribution >= 4 is 5.96 Å². The largest absolute Gasteiger partial charge is 0.388 e. The van der Waals surface area contributed by atoms with E-state index in [2.05, 4.69) is 22.7 Å². The molecule has 1 aromatic heterocycles. The van der Waals surface area contributed by atoms with Gasteiger partial charge in [-0.2, -0.15) is 5.10 Å². The molecule has 0 aliphatic heterocycles. The first kappa shape index (κ1) is 21.9. The first-order valence-electron chi connectivity index (χ1n) is 9.83. The van der Waals surface area contributed by atoms with Crippen LogP contribution in [0.25, 0.3) is 0 Å². The minimum Gasteiger partial charge on any atom is -0.388 e. The summed E-state index contributed by atoms with van der Waals surface area (Å²) in [7, 11) is 1.69. The van der Waals surface area contributed by atoms with Gasteiger partial charge < -0.3 is 20.5 Å². The SMILES string of the molecule is CCNC(=NCc1c(C)nn(CCOC)c1C)NCCC(O)c1ccccc1. The van der Waals surface area contributed by atoms with Crippen LogP contribution in [0.15, 0.2) is 35.3 Å². The van der Waals surface area contributed by atoms with Gasteiger partial charge in [-0.25, -0.2) is 4.99 Å². The van der Waals surface area contributed by atoms with E-state index in [1.165, 1.54) is 0 Å². The zero-order valence-corrected chi connectivity index (χ0v) is 17.4. The molecule has 0 radical (unpaired) electrons. The van der Waals surface area contributed by atoms with Crippen molar-refractivity contribution in [2.45, 2.75) is 46.4 Å². The first-order chi connectivity index (χ1) is 13.6. The number of aliphatic hydroxyl groups excluding tert-OH is 1. The van der Waals surface area contributed by atoms with Crippen LogP contribution in [0.3, 0.4) is 0 Å². The summed E-state index contributed by atoms with van der Waals surface area (Å²) in [5.41, 5.74) is 4.18. The maximum absolute atomic E-state index is 10.3. The van der Waals surface area contributed by atoms with Crippen LogP contribution in [-0.2, 0) is 17.8 Å². The Morgan fingerprint density at radius 1 is 1.25 bits per heavy atom. The second-order valence-electron chi connectivity index (χ2n) is 6.70. The molecule has 2 rings (SSSR count). The summed E-state index contributed by atoms with van der Waals surface area (Å²) in [6.45, 7) is 9.46. The van der Waals surface area contributed by atoms with Crippen LogP contribution >= 0.6 is 0 Å². The van der Waals surface area contributed by atoms with Crippen LogP contribution < -0.4 is 10.6 Å². The van der Waals surface area contributed by atoms with Gasteiger partial charge in [0.05, 0.1) is 31.5 Å². The molecule has 1 unspecified atom stereocenters. The fraction of sp³-hybridized carbons (Fsp3) is 0.524. The fourth-order valence-corrected chi connectivity index (χ4v) is 3.03. The van der Waals surface area contributed by atoms with E-state index in [1.54, 1.807) is 7.11 Å². The van der Waals surface area contributed by atoms with Crippen molar-refractivity contribution in [1.29, 1.82) is 0 Å². The normalized spacial score (nSPS) is 12.8. The average molecular weight is 388 g/mol. The highest BCUT2D eigenvalue weighted by Gasteiger charge is 2.12. The molecule has 0 saturated carbocycles. The molecule has 1 aromatic carbocycles. The molecule has 3 N–H and O–H groups in total. The van der Waals surface area contributed by atoms with Crippen LogP contribution in [0.2, 0.25) is 0 Å². The molecule has 154 valence electrons. The monoisotopic (exact) mass is 387 g/mol. The number of ether oxygens (including phenoxy) is 1. The Kier molecular flexibility index (Phi) is 8.97. The Bertz CT molecular complexity index is 743. The molecule has 0 bridgehead atoms. The van der Waals surface area contributed by atoms with E-state index < -0.39 is 6.10 Å². The third-order valence-corrected chi connectivity index (χ3v) is 4.67. The first-order valence-corrected chi connectivity index (χ1v) is 9.83. The summed E-state index contributed by atoms with van der Waals surface area (Å²) in [6.07, 6.45) is 0.126. The Morgan fingerprint density at radius 3 is 2.68 bits per heavy atom. The van der Waals surface area contributed by atoms with Crippen LogP contribution in [0.4, 0.5) is 0 Å². The van der Waals surface area contributed by atoms with Crippen LogP contribution in [-0.4, -0.2) is 47.7 Å². The van der Waals surface area contributed by atoms with E-state index in [0.29, 0.717) is 26.1 Å². The predicted octanol–water partition coefficient (Wildman–Crippen LogP) is 2.33. The molecule has 0 amide bonds. The summed E-state index contributed by atoms with van der Waals surface area (Å²) in [6, 6.07) is 9.71. The number of benzene rings is 1. The number of aliphatic imine (C=N–C) groups is 1. The lowest BCUT2D eigenvalue weighted by atomic mass is 10.1. The minimum absolute atomic E-state index is 0.486. The zero-order valence-electron chi connectivity index (χ0n) is 17.4. The molecule has 0 aliphatic carbocycles. The summed E-state index contributed by atoms with van der Waals surface area (Å²) in [5.74, 6) is 0.742. The predicted molar refractivity (Wildman–Crippen MR) is 112 cm³/mol. The Labute approximate surface area is 167 Å². The maximum Gasteiger partial charge on any atom is 0.191 e. The number of nitrogens with zero attached hydrogens (tertiary/aromatic N) is 3. The molecule has 1 atom stereocenters. The lowest BCUT2D eigenvalue weighted by Gasteiger charge is -2.14. The van der Waals surface area contributed by atoms with Crippen molar-refractivity contribution in [3.63, 3.8) is 0 Å². The smallest absolute Gasteiger partial charge is 0.191 e. The van der Waals surface area contributed by atoms with Gasteiger partial charge in [0.15, 0.2) is 5.96 Å². The van der Waals surface area contributed by atoms with Gasteiger partial charge in [0, 0.05) is 31.5 Å². The average Bonchev–Trinajstić information content (AvgIpc) is 2.98. The molecular formula is C21H33N5O2. The van der Waals surface area contributed by atoms with E-state index in [9.17, 15) is 5.11 Å². The molecular weight excluding hydrogens is 354 g/mol. The van der Waals surface area contributed by atoms with E-state index in [4.69, 9.17) is 9.73 Å². The molecule has 7 heteroatoms. The number of methoxy groups -OCH3 is 1. The summed E-state index contributed by atoms with van der Waals surface area (Å²) in [4.78, 5) is 4.70. The lowest BCUT2D eigenvalue weighted by molar-refractivity contribution is 0.168. The number of rotatable bonds is 10. The highest BCUT2D eigenvalue weighted by atomic mass is 16.5. The Hall–Kier alpha value is -2.38. The Morgan fingerprint density at radius 2 is 2.00 bits per heavy atom. The van der Waals surface area contributed by atoms with Crippen molar-refractivity contribution in [2.75, 3.05) is 26.8 Å². The van der Waals surface area contributed by atoms with Crippen molar-refractivity contribution in [1.82, 2.24) is 20.4 Å². The summed E-state index contributed by atoms with van der Waals surface area (Å²) < 4.78 is 7.12. The number of aryl methyl sites for hydroxylation is 1. The standard InChI is InChI=1S/C21H33N5O2/c1-5-22-21(23-12-11-20(27)18-9-7-6-8-10-18)24-15-19-16(2)25-26(17(19)3)13-14-28-4/h6-10,20,27H,5,11-15H2,1-4H3,(H2,22,23,24). The van der Waals surface area contributed by atoms with Gasteiger partial charge in [0.25, 0.3) is 0 Å². The molecule has 0 saturated heterocycles. The van der Waals surface area contributed by atoms with E-state index in [-0.39, 0.29) is 0 Å². The van der Waals surface area contributed by atoms with E-state index >= 15 is 0 Å². The third-order valence-electron chi connectivity index (χ3n) is 4.67. The van der Waals surface area contributed by atoms with Crippen molar-refractivity contribution in [3.8, 4) is 0 Å². The van der Waals surface area contributed by atoms with E-state index in [0.717, 1.165) is 41.6 Å². The molecule has 7 nitrogen and oxygen atoms in total. The van der Waals surface area contributed by atoms with Gasteiger partial charge in [-0.3, -0.25) is 4.68 Å². The van der Waals surface area contributed by atoms with Gasteiger partial charge in [0.2, 0.25) is 0 Å². The van der Waals surface area contributed by atoms with Gasteiger partial charge in [-0.05, 0) is 32.8 Å². The summed E-state index contributed by atoms with van der Waals surface area (Å²) >= 11 is 0. The number of guanidine groups is 1. The van der Waals surface area contributed by atoms with Crippen molar-refractivity contribution < 1.29 is 9.84 Å². The number of nitrogens with one attached hydrogen (secondary N) is 2. The fourth-order valence-electron chi connectivity index (χ4n) is 3.03. The molecule has 2 aromatic rings. The number of aromatic nitrogens is 2. The minimum atomic E-state index is -0.486. The second-order valence-corrected chi connectivity index (χ2v) is 6.70. The molecule has 28 heavy (non-hydrogen) atoms. The molecule has 1 heterocycles. The number of hydrogen-bond acceptors (Lipinski definition) is 4. The quantitative estimate of drug-likeness (QED) is 0.430. The Balaban J connectivity index is 1.94. The van der Waals surface area contributed by atoms with Gasteiger partial charge in [0.1, 0.15) is 0 Å². The number of hydrogen-bond donors (Lipinski definition) is 3. The molecule has 0 spiro atoms. The highest BCUT2D eigenvalue weighted by molar-refractivity contribution is 5.79. The summed E-state index contributed by atoms with van der Waals surface area (Å²) in [5, 5.41) is 21.4. The topological polar surface area (TPSA) is 83.7 Å². The van der Waals surface area contributed by atoms with Gasteiger partial charge >= 0.3 is 0 Å². The van der Waals surface area contributed by atoms with Crippen molar-refractivity contribution in [2.24, 2.45) is 4.99 Å². The van der Waals surface area contributed by atoms with Gasteiger partial charge in [-0.1, -0.05) is 30.3 Å². The van der Waals surface area contributed by atoms with Crippen LogP contribution in [0, 0.1) is 13.8 Å². The zero-order chi connectivity index (χ0) is 20.4. The van der Waals surface area contributed by atoms with Crippen LogP contribution in [0.5, 0.6) is 0 Å². The number of aliphatic hydroxyl groups is 1.